The number of anilines is 1. The van der Waals surface area contributed by atoms with Crippen molar-refractivity contribution in [3.05, 3.63) is 28.2 Å². The second-order valence-electron chi connectivity index (χ2n) is 4.72. The highest BCUT2D eigenvalue weighted by atomic mass is 79.9. The standard InChI is InChI=1S/C13H18BrN3O/c1-17-6-2-3-10(17)8-16-13(18)9-4-5-12(15)11(14)7-9/h4-5,7,10H,2-3,6,8,15H2,1H3,(H,16,18). The minimum Gasteiger partial charge on any atom is -0.398 e. The normalized spacial score (nSPS) is 20.0. The number of carbonyl (C=O) groups is 1. The molecular weight excluding hydrogens is 294 g/mol. The third-order valence-electron chi connectivity index (χ3n) is 3.43. The largest absolute Gasteiger partial charge is 0.398 e. The quantitative estimate of drug-likeness (QED) is 0.838. The van der Waals surface area contributed by atoms with Crippen molar-refractivity contribution in [3.8, 4) is 0 Å². The topological polar surface area (TPSA) is 58.4 Å². The van der Waals surface area contributed by atoms with Gasteiger partial charge in [0.25, 0.3) is 5.91 Å². The van der Waals surface area contributed by atoms with Gasteiger partial charge in [0.2, 0.25) is 0 Å². The highest BCUT2D eigenvalue weighted by Gasteiger charge is 2.21. The Kier molecular flexibility index (Phi) is 4.24. The van der Waals surface area contributed by atoms with Crippen LogP contribution in [0.5, 0.6) is 0 Å². The van der Waals surface area contributed by atoms with E-state index in [2.05, 4.69) is 33.2 Å². The predicted molar refractivity (Wildman–Crippen MR) is 76.5 cm³/mol. The fourth-order valence-electron chi connectivity index (χ4n) is 2.22. The van der Waals surface area contributed by atoms with Gasteiger partial charge in [0.15, 0.2) is 0 Å². The summed E-state index contributed by atoms with van der Waals surface area (Å²) in [5, 5.41) is 2.98. The summed E-state index contributed by atoms with van der Waals surface area (Å²) in [6.07, 6.45) is 2.37. The van der Waals surface area contributed by atoms with Crippen LogP contribution >= 0.6 is 15.9 Å². The molecule has 1 aliphatic rings. The molecule has 1 aromatic carbocycles. The molecule has 1 heterocycles. The van der Waals surface area contributed by atoms with Crippen molar-refractivity contribution in [2.75, 3.05) is 25.9 Å². The number of nitrogens with two attached hydrogens (primary N) is 1. The van der Waals surface area contributed by atoms with Crippen LogP contribution in [0, 0.1) is 0 Å². The summed E-state index contributed by atoms with van der Waals surface area (Å²) in [5.41, 5.74) is 6.97. The van der Waals surface area contributed by atoms with Gasteiger partial charge in [-0.05, 0) is 60.6 Å². The molecule has 1 aliphatic heterocycles. The van der Waals surface area contributed by atoms with Crippen molar-refractivity contribution < 1.29 is 4.79 Å². The first-order valence-corrected chi connectivity index (χ1v) is 6.90. The smallest absolute Gasteiger partial charge is 0.251 e. The molecule has 0 bridgehead atoms. The average Bonchev–Trinajstić information content (AvgIpc) is 2.75. The number of amides is 1. The van der Waals surface area contributed by atoms with Crippen molar-refractivity contribution >= 4 is 27.5 Å². The minimum absolute atomic E-state index is 0.0454. The zero-order valence-corrected chi connectivity index (χ0v) is 12.0. The number of halogens is 1. The molecule has 0 saturated carbocycles. The lowest BCUT2D eigenvalue weighted by Gasteiger charge is -2.19. The summed E-state index contributed by atoms with van der Waals surface area (Å²) in [5.74, 6) is -0.0454. The lowest BCUT2D eigenvalue weighted by atomic mass is 10.2. The molecule has 1 unspecified atom stereocenters. The third-order valence-corrected chi connectivity index (χ3v) is 4.12. The Hall–Kier alpha value is -1.07. The Bertz CT molecular complexity index is 450. The molecule has 18 heavy (non-hydrogen) atoms. The van der Waals surface area contributed by atoms with Gasteiger partial charge in [-0.3, -0.25) is 4.79 Å². The van der Waals surface area contributed by atoms with Crippen LogP contribution in [0.25, 0.3) is 0 Å². The van der Waals surface area contributed by atoms with Gasteiger partial charge in [-0.25, -0.2) is 0 Å². The molecule has 0 radical (unpaired) electrons. The SMILES string of the molecule is CN1CCCC1CNC(=O)c1ccc(N)c(Br)c1. The maximum absolute atomic E-state index is 12.0. The second-order valence-corrected chi connectivity index (χ2v) is 5.58. The van der Waals surface area contributed by atoms with Gasteiger partial charge in [-0.15, -0.1) is 0 Å². The lowest BCUT2D eigenvalue weighted by Crippen LogP contribution is -2.38. The molecule has 1 saturated heterocycles. The Labute approximate surface area is 116 Å². The summed E-state index contributed by atoms with van der Waals surface area (Å²) in [4.78, 5) is 14.3. The van der Waals surface area contributed by atoms with Gasteiger partial charge >= 0.3 is 0 Å². The van der Waals surface area contributed by atoms with Crippen LogP contribution in [-0.2, 0) is 0 Å². The highest BCUT2D eigenvalue weighted by Crippen LogP contribution is 2.20. The average molecular weight is 312 g/mol. The number of nitrogens with one attached hydrogen (secondary N) is 1. The van der Waals surface area contributed by atoms with E-state index in [1.807, 2.05) is 0 Å². The van der Waals surface area contributed by atoms with E-state index in [0.29, 0.717) is 23.8 Å². The molecule has 98 valence electrons. The van der Waals surface area contributed by atoms with Crippen molar-refractivity contribution in [2.45, 2.75) is 18.9 Å². The van der Waals surface area contributed by atoms with E-state index in [1.165, 1.54) is 6.42 Å². The Morgan fingerprint density at radius 3 is 3.00 bits per heavy atom. The molecule has 1 atom stereocenters. The zero-order valence-electron chi connectivity index (χ0n) is 10.4. The number of rotatable bonds is 3. The molecule has 4 nitrogen and oxygen atoms in total. The maximum Gasteiger partial charge on any atom is 0.251 e. The van der Waals surface area contributed by atoms with Gasteiger partial charge in [0.1, 0.15) is 0 Å². The van der Waals surface area contributed by atoms with E-state index in [0.717, 1.165) is 17.4 Å². The minimum atomic E-state index is -0.0454. The van der Waals surface area contributed by atoms with Crippen LogP contribution in [0.1, 0.15) is 23.2 Å². The van der Waals surface area contributed by atoms with Gasteiger partial charge < -0.3 is 16.0 Å². The summed E-state index contributed by atoms with van der Waals surface area (Å²) < 4.78 is 0.758. The van der Waals surface area contributed by atoms with E-state index in [4.69, 9.17) is 5.73 Å². The van der Waals surface area contributed by atoms with Gasteiger partial charge in [0, 0.05) is 28.3 Å². The number of benzene rings is 1. The second kappa shape index (κ2) is 5.71. The zero-order chi connectivity index (χ0) is 13.1. The van der Waals surface area contributed by atoms with Gasteiger partial charge in [-0.1, -0.05) is 0 Å². The van der Waals surface area contributed by atoms with Crippen LogP contribution in [0.3, 0.4) is 0 Å². The first-order chi connectivity index (χ1) is 8.58. The molecule has 0 aliphatic carbocycles. The van der Waals surface area contributed by atoms with Gasteiger partial charge in [0.05, 0.1) is 0 Å². The van der Waals surface area contributed by atoms with E-state index in [1.54, 1.807) is 18.2 Å². The lowest BCUT2D eigenvalue weighted by molar-refractivity contribution is 0.0943. The molecule has 2 rings (SSSR count). The summed E-state index contributed by atoms with van der Waals surface area (Å²) >= 11 is 3.33. The number of likely N-dealkylation sites (tertiary alicyclic amines) is 1. The molecule has 3 N–H and O–H groups in total. The van der Waals surface area contributed by atoms with Crippen molar-refractivity contribution in [3.63, 3.8) is 0 Å². The third kappa shape index (κ3) is 3.03. The van der Waals surface area contributed by atoms with Crippen molar-refractivity contribution in [1.29, 1.82) is 0 Å². The number of likely N-dealkylation sites (N-methyl/N-ethyl adjacent to an activating group) is 1. The number of hydrogen-bond acceptors (Lipinski definition) is 3. The first kappa shape index (κ1) is 13.4. The van der Waals surface area contributed by atoms with E-state index >= 15 is 0 Å². The van der Waals surface area contributed by atoms with Gasteiger partial charge in [-0.2, -0.15) is 0 Å². The Balaban J connectivity index is 1.93. The van der Waals surface area contributed by atoms with E-state index < -0.39 is 0 Å². The Morgan fingerprint density at radius 1 is 1.61 bits per heavy atom. The number of carbonyl (C=O) groups excluding carboxylic acids is 1. The summed E-state index contributed by atoms with van der Waals surface area (Å²) in [6, 6.07) is 5.70. The Morgan fingerprint density at radius 2 is 2.39 bits per heavy atom. The first-order valence-electron chi connectivity index (χ1n) is 6.11. The van der Waals surface area contributed by atoms with Crippen LogP contribution in [0.2, 0.25) is 0 Å². The molecule has 1 aromatic rings. The molecule has 0 aromatic heterocycles. The number of nitrogen functional groups attached to an aromatic ring is 1. The highest BCUT2D eigenvalue weighted by molar-refractivity contribution is 9.10. The van der Waals surface area contributed by atoms with Crippen molar-refractivity contribution in [1.82, 2.24) is 10.2 Å². The number of nitrogens with zero attached hydrogens (tertiary/aromatic N) is 1. The van der Waals surface area contributed by atoms with Crippen LogP contribution in [0.15, 0.2) is 22.7 Å². The van der Waals surface area contributed by atoms with Crippen molar-refractivity contribution in [2.24, 2.45) is 0 Å². The molecule has 1 amide bonds. The maximum atomic E-state index is 12.0. The summed E-state index contributed by atoms with van der Waals surface area (Å²) in [6.45, 7) is 1.82. The van der Waals surface area contributed by atoms with Crippen LogP contribution in [-0.4, -0.2) is 37.0 Å². The van der Waals surface area contributed by atoms with Crippen LogP contribution < -0.4 is 11.1 Å². The predicted octanol–water partition coefficient (Wildman–Crippen LogP) is 1.86. The molecule has 1 fully saturated rings. The van der Waals surface area contributed by atoms with Crippen LogP contribution in [0.4, 0.5) is 5.69 Å². The fraction of sp³-hybridized carbons (Fsp3) is 0.462. The molecule has 5 heteroatoms. The van der Waals surface area contributed by atoms with E-state index in [-0.39, 0.29) is 5.91 Å². The van der Waals surface area contributed by atoms with E-state index in [9.17, 15) is 4.79 Å². The molecular formula is C13H18BrN3O. The number of hydrogen-bond donors (Lipinski definition) is 2. The summed E-state index contributed by atoms with van der Waals surface area (Å²) in [7, 11) is 2.10. The fourth-order valence-corrected chi connectivity index (χ4v) is 2.60. The molecule has 0 spiro atoms. The monoisotopic (exact) mass is 311 g/mol.